The molecule has 2 amide bonds. The zero-order valence-electron chi connectivity index (χ0n) is 20.7. The summed E-state index contributed by atoms with van der Waals surface area (Å²) < 4.78 is 18.4. The molecule has 13 nitrogen and oxygen atoms in total. The fraction of sp³-hybridized carbons (Fsp3) is 0.409. The van der Waals surface area contributed by atoms with Gasteiger partial charge in [0.25, 0.3) is 12.4 Å². The van der Waals surface area contributed by atoms with E-state index in [1.807, 2.05) is 5.32 Å². The van der Waals surface area contributed by atoms with Crippen LogP contribution in [0.4, 0.5) is 4.79 Å². The Kier molecular flexibility index (Phi) is 26.6. The maximum atomic E-state index is 12.0. The number of methoxy groups -OCH3 is 3. The number of hydrogen-bond acceptors (Lipinski definition) is 10. The molecule has 0 aliphatic heterocycles. The Morgan fingerprint density at radius 1 is 1.14 bits per heavy atom. The van der Waals surface area contributed by atoms with E-state index >= 15 is 0 Å². The highest BCUT2D eigenvalue weighted by Crippen LogP contribution is 2.16. The summed E-state index contributed by atoms with van der Waals surface area (Å²) in [5, 5.41) is 16.7. The molecule has 0 aromatic heterocycles. The third-order valence-corrected chi connectivity index (χ3v) is 3.82. The lowest BCUT2D eigenvalue weighted by Crippen LogP contribution is -2.26. The number of ether oxygens (including phenoxy) is 4. The molecule has 0 saturated heterocycles. The van der Waals surface area contributed by atoms with E-state index in [-0.39, 0.29) is 19.2 Å². The van der Waals surface area contributed by atoms with Gasteiger partial charge in [-0.3, -0.25) is 19.7 Å². The summed E-state index contributed by atoms with van der Waals surface area (Å²) in [6, 6.07) is 6.65. The third-order valence-electron chi connectivity index (χ3n) is 3.49. The van der Waals surface area contributed by atoms with Crippen molar-refractivity contribution in [3.63, 3.8) is 0 Å². The molecule has 0 spiro atoms. The molecule has 0 saturated carbocycles. The van der Waals surface area contributed by atoms with Crippen molar-refractivity contribution < 1.29 is 53.1 Å². The largest absolute Gasteiger partial charge is 0.505 e. The molecular weight excluding hydrogens is 504 g/mol. The Balaban J connectivity index is -0.000000833. The van der Waals surface area contributed by atoms with E-state index in [1.54, 1.807) is 56.6 Å². The molecule has 1 aromatic rings. The average Bonchev–Trinajstić information content (AvgIpc) is 2.84. The number of amides is 2. The zero-order valence-corrected chi connectivity index (χ0v) is 21.5. The number of rotatable bonds is 10. The summed E-state index contributed by atoms with van der Waals surface area (Å²) in [5.41, 5.74) is 0.306. The van der Waals surface area contributed by atoms with Crippen LogP contribution in [0.1, 0.15) is 16.8 Å². The van der Waals surface area contributed by atoms with Crippen LogP contribution < -0.4 is 5.32 Å². The van der Waals surface area contributed by atoms with Gasteiger partial charge in [0, 0.05) is 47.2 Å². The summed E-state index contributed by atoms with van der Waals surface area (Å²) in [6.07, 6.45) is 2.13. The maximum absolute atomic E-state index is 12.0. The number of esters is 1. The number of carbonyl (C=O) groups is 5. The molecule has 0 heterocycles. The smallest absolute Gasteiger partial charge is 0.483 e. The molecule has 0 radical (unpaired) electrons. The first-order valence-electron chi connectivity index (χ1n) is 9.90. The van der Waals surface area contributed by atoms with Crippen molar-refractivity contribution in [3.8, 4) is 0 Å². The first-order chi connectivity index (χ1) is 17.1. The SMILES string of the molecule is COC.COC(=O)O.COC(CCN(C)/C=C\C(=O)NC=O)COC(=O)c1ccccc1Cl.O=CO. The van der Waals surface area contributed by atoms with Gasteiger partial charge >= 0.3 is 12.1 Å². The zero-order chi connectivity index (χ0) is 28.4. The molecule has 3 N–H and O–H groups in total. The molecule has 0 fully saturated rings. The summed E-state index contributed by atoms with van der Waals surface area (Å²) in [5.74, 6) is -1.01. The minimum atomic E-state index is -1.25. The van der Waals surface area contributed by atoms with Crippen molar-refractivity contribution in [3.05, 3.63) is 47.1 Å². The van der Waals surface area contributed by atoms with Crippen LogP contribution in [0.15, 0.2) is 36.5 Å². The van der Waals surface area contributed by atoms with Crippen molar-refractivity contribution in [2.24, 2.45) is 0 Å². The summed E-state index contributed by atoms with van der Waals surface area (Å²) >= 11 is 5.95. The standard InChI is InChI=1S/C17H21ClN2O5.C2H4O3.C2H6O.CH2O2/c1-20(10-8-16(22)19-12-21)9-7-13(24-2)11-25-17(23)14-5-3-4-6-15(14)18;1-5-2(3)4;1-3-2;2-1-3/h3-6,8,10,12-13H,7,9,11H2,1-2H3,(H,19,21,22);1H3,(H,3,4);1-2H3;1H,(H,2,3)/b10-8-;;;. The van der Waals surface area contributed by atoms with E-state index in [2.05, 4.69) is 9.47 Å². The molecule has 1 rings (SSSR count). The van der Waals surface area contributed by atoms with E-state index in [0.717, 1.165) is 7.11 Å². The number of nitrogens with zero attached hydrogens (tertiary/aromatic N) is 1. The van der Waals surface area contributed by atoms with E-state index in [0.29, 0.717) is 30.0 Å². The van der Waals surface area contributed by atoms with Gasteiger partial charge in [-0.05, 0) is 18.6 Å². The summed E-state index contributed by atoms with van der Waals surface area (Å²) in [6.45, 7) is 0.400. The molecule has 36 heavy (non-hydrogen) atoms. The van der Waals surface area contributed by atoms with E-state index < -0.39 is 18.0 Å². The fourth-order valence-corrected chi connectivity index (χ4v) is 2.08. The Bertz CT molecular complexity index is 791. The molecule has 14 heteroatoms. The predicted molar refractivity (Wildman–Crippen MR) is 130 cm³/mol. The van der Waals surface area contributed by atoms with Crippen LogP contribution in [0.5, 0.6) is 0 Å². The van der Waals surface area contributed by atoms with Crippen molar-refractivity contribution in [2.45, 2.75) is 12.5 Å². The van der Waals surface area contributed by atoms with Gasteiger partial charge in [-0.2, -0.15) is 0 Å². The molecule has 0 aliphatic rings. The van der Waals surface area contributed by atoms with Crippen LogP contribution in [-0.2, 0) is 33.3 Å². The number of carboxylic acid groups (broad SMARTS) is 2. The number of benzene rings is 1. The Morgan fingerprint density at radius 2 is 1.67 bits per heavy atom. The molecule has 204 valence electrons. The van der Waals surface area contributed by atoms with Crippen LogP contribution >= 0.6 is 11.6 Å². The summed E-state index contributed by atoms with van der Waals surface area (Å²) in [4.78, 5) is 52.5. The van der Waals surface area contributed by atoms with Gasteiger partial charge in [-0.15, -0.1) is 0 Å². The Hall–Kier alpha value is -3.68. The van der Waals surface area contributed by atoms with Crippen LogP contribution in [-0.4, -0.2) is 101 Å². The van der Waals surface area contributed by atoms with Gasteiger partial charge in [-0.1, -0.05) is 23.7 Å². The van der Waals surface area contributed by atoms with Crippen molar-refractivity contribution in [2.75, 3.05) is 48.6 Å². The van der Waals surface area contributed by atoms with Crippen molar-refractivity contribution in [1.82, 2.24) is 10.2 Å². The summed E-state index contributed by atoms with van der Waals surface area (Å²) in [7, 11) is 7.65. The second-order valence-electron chi connectivity index (χ2n) is 6.13. The fourth-order valence-electron chi connectivity index (χ4n) is 1.87. The molecule has 0 aliphatic carbocycles. The highest BCUT2D eigenvalue weighted by atomic mass is 35.5. The van der Waals surface area contributed by atoms with Crippen LogP contribution in [0.2, 0.25) is 5.02 Å². The normalized spacial score (nSPS) is 9.94. The number of imide groups is 1. The van der Waals surface area contributed by atoms with Crippen LogP contribution in [0, 0.1) is 0 Å². The third kappa shape index (κ3) is 23.5. The predicted octanol–water partition coefficient (Wildman–Crippen LogP) is 1.89. The Labute approximate surface area is 214 Å². The van der Waals surface area contributed by atoms with E-state index in [4.69, 9.17) is 40.9 Å². The monoisotopic (exact) mass is 536 g/mol. The number of halogens is 1. The molecule has 0 bridgehead atoms. The Morgan fingerprint density at radius 3 is 2.11 bits per heavy atom. The minimum Gasteiger partial charge on any atom is -0.483 e. The molecular formula is C22H33ClN2O11. The van der Waals surface area contributed by atoms with Gasteiger partial charge in [0.05, 0.1) is 23.8 Å². The van der Waals surface area contributed by atoms with Gasteiger partial charge < -0.3 is 34.1 Å². The highest BCUT2D eigenvalue weighted by Gasteiger charge is 2.15. The van der Waals surface area contributed by atoms with Crippen molar-refractivity contribution in [1.29, 1.82) is 0 Å². The quantitative estimate of drug-likeness (QED) is 0.225. The second kappa shape index (κ2) is 25.9. The van der Waals surface area contributed by atoms with Gasteiger partial charge in [-0.25, -0.2) is 9.59 Å². The number of carbonyl (C=O) groups excluding carboxylic acids is 3. The lowest BCUT2D eigenvalue weighted by atomic mass is 10.2. The lowest BCUT2D eigenvalue weighted by Gasteiger charge is -2.19. The maximum Gasteiger partial charge on any atom is 0.505 e. The number of nitrogens with one attached hydrogen (secondary N) is 1. The molecule has 1 unspecified atom stereocenters. The van der Waals surface area contributed by atoms with Gasteiger partial charge in [0.2, 0.25) is 6.41 Å². The highest BCUT2D eigenvalue weighted by molar-refractivity contribution is 6.33. The van der Waals surface area contributed by atoms with Gasteiger partial charge in [0.1, 0.15) is 6.61 Å². The van der Waals surface area contributed by atoms with Gasteiger partial charge in [0.15, 0.2) is 0 Å². The number of hydrogen-bond donors (Lipinski definition) is 3. The van der Waals surface area contributed by atoms with E-state index in [9.17, 15) is 14.4 Å². The van der Waals surface area contributed by atoms with Crippen LogP contribution in [0.25, 0.3) is 0 Å². The minimum absolute atomic E-state index is 0.0870. The topological polar surface area (TPSA) is 178 Å². The molecule has 1 atom stereocenters. The first-order valence-corrected chi connectivity index (χ1v) is 10.3. The first kappa shape index (κ1) is 36.9. The lowest BCUT2D eigenvalue weighted by molar-refractivity contribution is -0.123. The van der Waals surface area contributed by atoms with E-state index in [1.165, 1.54) is 13.2 Å². The molecule has 1 aromatic carbocycles. The van der Waals surface area contributed by atoms with Crippen molar-refractivity contribution >= 4 is 42.5 Å². The average molecular weight is 537 g/mol. The second-order valence-corrected chi connectivity index (χ2v) is 6.54. The van der Waals surface area contributed by atoms with Crippen LogP contribution in [0.3, 0.4) is 0 Å².